The first kappa shape index (κ1) is 29.8. The summed E-state index contributed by atoms with van der Waals surface area (Å²) >= 11 is 7.49. The Morgan fingerprint density at radius 2 is 0.640 bits per heavy atom. The number of hydrogen-bond acceptors (Lipinski definition) is 4. The Morgan fingerprint density at radius 3 is 0.980 bits per heavy atom. The average Bonchev–Trinajstić information content (AvgIpc) is 4.00. The number of hydrogen-bond donors (Lipinski definition) is 0. The molecule has 0 saturated heterocycles. The Bertz CT molecular complexity index is 2630. The van der Waals surface area contributed by atoms with E-state index < -0.39 is 0 Å². The van der Waals surface area contributed by atoms with Crippen molar-refractivity contribution in [3.8, 4) is 44.5 Å². The van der Waals surface area contributed by atoms with Crippen LogP contribution in [0.5, 0.6) is 0 Å². The van der Waals surface area contributed by atoms with Gasteiger partial charge in [-0.25, -0.2) is 0 Å². The summed E-state index contributed by atoms with van der Waals surface area (Å²) in [4.78, 5) is 2.53. The van der Waals surface area contributed by atoms with Gasteiger partial charge in [-0.15, -0.1) is 45.3 Å². The normalized spacial score (nSPS) is 11.9. The van der Waals surface area contributed by atoms with Crippen LogP contribution in [0.25, 0.3) is 97.0 Å². The zero-order valence-corrected chi connectivity index (χ0v) is 30.1. The van der Waals surface area contributed by atoms with Crippen LogP contribution >= 0.6 is 45.3 Å². The third-order valence-corrected chi connectivity index (χ3v) is 13.6. The molecule has 0 spiro atoms. The minimum absolute atomic E-state index is 1.26. The topological polar surface area (TPSA) is 0 Å². The molecule has 236 valence electrons. The van der Waals surface area contributed by atoms with Crippen molar-refractivity contribution in [1.82, 2.24) is 0 Å². The molecule has 4 aromatic heterocycles. The van der Waals surface area contributed by atoms with Crippen LogP contribution in [0, 0.1) is 0 Å². The van der Waals surface area contributed by atoms with E-state index in [0.29, 0.717) is 0 Å². The van der Waals surface area contributed by atoms with E-state index in [1.165, 1.54) is 94.6 Å². The van der Waals surface area contributed by atoms with E-state index in [0.717, 1.165) is 0 Å². The number of fused-ring (bicyclic) bond motifs is 6. The fourth-order valence-electron chi connectivity index (χ4n) is 7.33. The standard InChI is InChI=1S/C46H28S4/c1-5-13-29(14-6-1)39-41(31-17-9-3-10-18-31)45-37(35-23-25-47-43(35)39)27-33(49-45)21-22-34-28-38-36-24-26-48-44(36)40(30-15-7-2-8-16-30)42(46(38)50-34)32-19-11-4-12-20-32/h1-28H. The van der Waals surface area contributed by atoms with Gasteiger partial charge in [0.05, 0.1) is 0 Å². The highest BCUT2D eigenvalue weighted by Crippen LogP contribution is 2.51. The maximum Gasteiger partial charge on any atom is 0.0440 e. The predicted octanol–water partition coefficient (Wildman–Crippen LogP) is 15.4. The summed E-state index contributed by atoms with van der Waals surface area (Å²) in [6.45, 7) is 0. The predicted molar refractivity (Wildman–Crippen MR) is 225 cm³/mol. The lowest BCUT2D eigenvalue weighted by atomic mass is 9.92. The van der Waals surface area contributed by atoms with Crippen LogP contribution in [0.4, 0.5) is 0 Å². The molecule has 50 heavy (non-hydrogen) atoms. The van der Waals surface area contributed by atoms with Gasteiger partial charge in [0.2, 0.25) is 0 Å². The molecule has 0 aliphatic carbocycles. The number of rotatable bonds is 6. The fraction of sp³-hybridized carbons (Fsp3) is 0. The minimum atomic E-state index is 1.26. The van der Waals surface area contributed by atoms with Gasteiger partial charge in [-0.05, 0) is 69.4 Å². The van der Waals surface area contributed by atoms with E-state index in [1.807, 2.05) is 45.3 Å². The van der Waals surface area contributed by atoms with Crippen LogP contribution in [0.1, 0.15) is 9.75 Å². The molecule has 0 fully saturated rings. The monoisotopic (exact) mass is 708 g/mol. The van der Waals surface area contributed by atoms with Crippen molar-refractivity contribution in [3.05, 3.63) is 166 Å². The molecule has 0 radical (unpaired) electrons. The molecule has 0 N–H and O–H groups in total. The summed E-state index contributed by atoms with van der Waals surface area (Å²) in [5.74, 6) is 0. The van der Waals surface area contributed by atoms with E-state index in [-0.39, 0.29) is 0 Å². The smallest absolute Gasteiger partial charge is 0.0440 e. The van der Waals surface area contributed by atoms with E-state index in [2.05, 4.69) is 169 Å². The van der Waals surface area contributed by atoms with Gasteiger partial charge in [-0.3, -0.25) is 0 Å². The molecule has 0 amide bonds. The van der Waals surface area contributed by atoms with Crippen molar-refractivity contribution in [1.29, 1.82) is 0 Å². The summed E-state index contributed by atoms with van der Waals surface area (Å²) in [6.07, 6.45) is 4.66. The van der Waals surface area contributed by atoms with E-state index in [9.17, 15) is 0 Å². The zero-order chi connectivity index (χ0) is 33.0. The Balaban J connectivity index is 1.17. The van der Waals surface area contributed by atoms with Crippen LogP contribution in [0.15, 0.2) is 156 Å². The Kier molecular flexibility index (Phi) is 7.35. The summed E-state index contributed by atoms with van der Waals surface area (Å²) in [7, 11) is 0. The molecule has 4 heterocycles. The first-order chi connectivity index (χ1) is 24.8. The lowest BCUT2D eigenvalue weighted by Gasteiger charge is -2.14. The molecule has 0 nitrogen and oxygen atoms in total. The lowest BCUT2D eigenvalue weighted by molar-refractivity contribution is 1.65. The zero-order valence-electron chi connectivity index (χ0n) is 26.8. The first-order valence-corrected chi connectivity index (χ1v) is 20.0. The minimum Gasteiger partial charge on any atom is -0.143 e. The van der Waals surface area contributed by atoms with Crippen LogP contribution < -0.4 is 0 Å². The van der Waals surface area contributed by atoms with Gasteiger partial charge in [0.25, 0.3) is 0 Å². The van der Waals surface area contributed by atoms with Crippen molar-refractivity contribution < 1.29 is 0 Å². The van der Waals surface area contributed by atoms with Crippen LogP contribution in [0.2, 0.25) is 0 Å². The molecule has 0 bridgehead atoms. The average molecular weight is 709 g/mol. The second-order valence-electron chi connectivity index (χ2n) is 12.4. The molecule has 0 atom stereocenters. The van der Waals surface area contributed by atoms with Crippen LogP contribution in [-0.2, 0) is 0 Å². The van der Waals surface area contributed by atoms with Crippen LogP contribution in [0.3, 0.4) is 0 Å². The van der Waals surface area contributed by atoms with Crippen molar-refractivity contribution in [2.75, 3.05) is 0 Å². The maximum absolute atomic E-state index is 2.40. The second-order valence-corrected chi connectivity index (χ2v) is 16.4. The quantitative estimate of drug-likeness (QED) is 0.161. The maximum atomic E-state index is 2.40. The van der Waals surface area contributed by atoms with Crippen molar-refractivity contribution in [2.24, 2.45) is 0 Å². The lowest BCUT2D eigenvalue weighted by Crippen LogP contribution is -1.87. The molecule has 0 saturated carbocycles. The van der Waals surface area contributed by atoms with Crippen molar-refractivity contribution in [2.45, 2.75) is 0 Å². The molecule has 10 aromatic rings. The Hall–Kier alpha value is -5.10. The SMILES string of the molecule is C(=Cc1cc2c(s1)c(-c1ccccc1)c(-c1ccccc1)c1sccc12)c1cc2c(s1)c(-c1ccccc1)c(-c1ccccc1)c1sccc12. The van der Waals surface area contributed by atoms with Gasteiger partial charge in [-0.1, -0.05) is 121 Å². The highest BCUT2D eigenvalue weighted by atomic mass is 32.1. The highest BCUT2D eigenvalue weighted by Gasteiger charge is 2.22. The van der Waals surface area contributed by atoms with Crippen molar-refractivity contribution in [3.63, 3.8) is 0 Å². The summed E-state index contributed by atoms with van der Waals surface area (Å²) in [6, 6.07) is 53.1. The third-order valence-electron chi connectivity index (χ3n) is 9.48. The number of benzene rings is 6. The summed E-state index contributed by atoms with van der Waals surface area (Å²) in [5.41, 5.74) is 10.4. The Morgan fingerprint density at radius 1 is 0.320 bits per heavy atom. The van der Waals surface area contributed by atoms with Crippen molar-refractivity contribution >= 4 is 97.8 Å². The summed E-state index contributed by atoms with van der Waals surface area (Å²) < 4.78 is 5.39. The molecule has 10 rings (SSSR count). The molecular weight excluding hydrogens is 681 g/mol. The molecule has 0 unspecified atom stereocenters. The van der Waals surface area contributed by atoms with E-state index in [1.54, 1.807) is 0 Å². The largest absolute Gasteiger partial charge is 0.143 e. The van der Waals surface area contributed by atoms with Crippen LogP contribution in [-0.4, -0.2) is 0 Å². The van der Waals surface area contributed by atoms with Gasteiger partial charge in [0.15, 0.2) is 0 Å². The molecule has 0 aliphatic heterocycles. The second kappa shape index (κ2) is 12.3. The van der Waals surface area contributed by atoms with Gasteiger partial charge in [-0.2, -0.15) is 0 Å². The molecular formula is C46H28S4. The fourth-order valence-corrected chi connectivity index (χ4v) is 11.6. The number of thiophene rings is 4. The molecule has 4 heteroatoms. The van der Waals surface area contributed by atoms with Gasteiger partial charge >= 0.3 is 0 Å². The molecule has 0 aliphatic rings. The highest BCUT2D eigenvalue weighted by molar-refractivity contribution is 7.23. The summed E-state index contributed by atoms with van der Waals surface area (Å²) in [5, 5.41) is 9.83. The van der Waals surface area contributed by atoms with E-state index >= 15 is 0 Å². The van der Waals surface area contributed by atoms with E-state index in [4.69, 9.17) is 0 Å². The molecule has 6 aromatic carbocycles. The van der Waals surface area contributed by atoms with Gasteiger partial charge in [0.1, 0.15) is 0 Å². The third kappa shape index (κ3) is 4.91. The van der Waals surface area contributed by atoms with Gasteiger partial charge < -0.3 is 0 Å². The first-order valence-electron chi connectivity index (χ1n) is 16.6. The van der Waals surface area contributed by atoms with Gasteiger partial charge in [0, 0.05) is 72.4 Å². The Labute approximate surface area is 306 Å².